The van der Waals surface area contributed by atoms with E-state index in [1.54, 1.807) is 0 Å². The molecule has 0 aliphatic heterocycles. The average Bonchev–Trinajstić information content (AvgIpc) is 1.61. The van der Waals surface area contributed by atoms with Crippen molar-refractivity contribution in [2.75, 3.05) is 0 Å². The molecule has 34 valence electrons. The molecule has 0 bridgehead atoms. The maximum Gasteiger partial charge on any atom is 0.0576 e. The van der Waals surface area contributed by atoms with Crippen LogP contribution in [-0.2, 0) is 0 Å². The van der Waals surface area contributed by atoms with Crippen LogP contribution in [0.3, 0.4) is 0 Å². The van der Waals surface area contributed by atoms with Gasteiger partial charge in [-0.2, -0.15) is 0 Å². The molecule has 0 aromatic rings. The smallest absolute Gasteiger partial charge is 0.0576 e. The van der Waals surface area contributed by atoms with Crippen molar-refractivity contribution in [2.24, 2.45) is 5.92 Å². The molecule has 1 rings (SSSR count). The third-order valence-corrected chi connectivity index (χ3v) is 1.64. The van der Waals surface area contributed by atoms with E-state index in [4.69, 9.17) is 11.6 Å². The van der Waals surface area contributed by atoms with Gasteiger partial charge in [-0.3, -0.25) is 0 Å². The van der Waals surface area contributed by atoms with E-state index >= 15 is 0 Å². The van der Waals surface area contributed by atoms with Gasteiger partial charge in [0.1, 0.15) is 0 Å². The van der Waals surface area contributed by atoms with Crippen LogP contribution in [-0.4, -0.2) is 5.38 Å². The Morgan fingerprint density at radius 1 is 1.50 bits per heavy atom. The fraction of sp³-hybridized carbons (Fsp3) is 0.600. The van der Waals surface area contributed by atoms with Crippen molar-refractivity contribution >= 4 is 11.6 Å². The molecular weight excluding hydrogens is 95.5 g/mol. The summed E-state index contributed by atoms with van der Waals surface area (Å²) in [6.45, 7) is 2.11. The van der Waals surface area contributed by atoms with Gasteiger partial charge in [-0.1, -0.05) is 19.1 Å². The molecular formula is C5H7Cl. The van der Waals surface area contributed by atoms with Gasteiger partial charge in [0.05, 0.1) is 5.38 Å². The van der Waals surface area contributed by atoms with Gasteiger partial charge in [-0.25, -0.2) is 0 Å². The molecule has 0 saturated carbocycles. The SMILES string of the molecule is CC1C=CC1Cl. The van der Waals surface area contributed by atoms with E-state index in [1.807, 2.05) is 6.08 Å². The van der Waals surface area contributed by atoms with Crippen molar-refractivity contribution in [1.29, 1.82) is 0 Å². The zero-order valence-electron chi connectivity index (χ0n) is 3.69. The van der Waals surface area contributed by atoms with Crippen molar-refractivity contribution < 1.29 is 0 Å². The molecule has 0 aromatic carbocycles. The lowest BCUT2D eigenvalue weighted by Crippen LogP contribution is -2.13. The number of rotatable bonds is 0. The molecule has 0 aromatic heterocycles. The first-order valence-corrected chi connectivity index (χ1v) is 2.57. The normalized spacial score (nSPS) is 42.3. The molecule has 0 nitrogen and oxygen atoms in total. The van der Waals surface area contributed by atoms with Crippen LogP contribution in [0.1, 0.15) is 6.92 Å². The summed E-state index contributed by atoms with van der Waals surface area (Å²) in [5.41, 5.74) is 0. The highest BCUT2D eigenvalue weighted by Crippen LogP contribution is 2.21. The lowest BCUT2D eigenvalue weighted by atomic mass is 9.97. The minimum atomic E-state index is 0.324. The third kappa shape index (κ3) is 0.454. The van der Waals surface area contributed by atoms with Gasteiger partial charge in [-0.15, -0.1) is 11.6 Å². The number of halogens is 1. The topological polar surface area (TPSA) is 0 Å². The summed E-state index contributed by atoms with van der Waals surface area (Å²) in [6.07, 6.45) is 4.11. The first-order valence-electron chi connectivity index (χ1n) is 2.13. The first kappa shape index (κ1) is 4.20. The van der Waals surface area contributed by atoms with E-state index in [0.29, 0.717) is 11.3 Å². The Bertz CT molecular complexity index is 66.0. The Hall–Kier alpha value is 0.0300. The van der Waals surface area contributed by atoms with Crippen LogP contribution < -0.4 is 0 Å². The summed E-state index contributed by atoms with van der Waals surface area (Å²) in [4.78, 5) is 0. The van der Waals surface area contributed by atoms with Crippen molar-refractivity contribution in [2.45, 2.75) is 12.3 Å². The van der Waals surface area contributed by atoms with Crippen molar-refractivity contribution in [3.05, 3.63) is 12.2 Å². The van der Waals surface area contributed by atoms with Gasteiger partial charge in [0.25, 0.3) is 0 Å². The maximum absolute atomic E-state index is 5.61. The standard InChI is InChI=1S/C5H7Cl/c1-4-2-3-5(4)6/h2-5H,1H3. The summed E-state index contributed by atoms with van der Waals surface area (Å²) in [5.74, 6) is 0.617. The number of hydrogen-bond acceptors (Lipinski definition) is 0. The maximum atomic E-state index is 5.61. The number of alkyl halides is 1. The Labute approximate surface area is 42.8 Å². The zero-order chi connectivity index (χ0) is 4.57. The molecule has 1 heteroatoms. The Morgan fingerprint density at radius 2 is 2.00 bits per heavy atom. The zero-order valence-corrected chi connectivity index (χ0v) is 4.44. The molecule has 2 unspecified atom stereocenters. The fourth-order valence-corrected chi connectivity index (χ4v) is 0.585. The number of hydrogen-bond donors (Lipinski definition) is 0. The monoisotopic (exact) mass is 102 g/mol. The fourth-order valence-electron chi connectivity index (χ4n) is 0.417. The van der Waals surface area contributed by atoms with Crippen molar-refractivity contribution in [3.63, 3.8) is 0 Å². The van der Waals surface area contributed by atoms with E-state index in [1.165, 1.54) is 0 Å². The van der Waals surface area contributed by atoms with Gasteiger partial charge >= 0.3 is 0 Å². The molecule has 0 N–H and O–H groups in total. The van der Waals surface area contributed by atoms with E-state index in [2.05, 4.69) is 13.0 Å². The predicted octanol–water partition coefficient (Wildman–Crippen LogP) is 1.80. The highest BCUT2D eigenvalue weighted by Gasteiger charge is 2.14. The minimum Gasteiger partial charge on any atom is -0.118 e. The van der Waals surface area contributed by atoms with E-state index in [9.17, 15) is 0 Å². The molecule has 2 atom stereocenters. The quantitative estimate of drug-likeness (QED) is 0.323. The largest absolute Gasteiger partial charge is 0.118 e. The van der Waals surface area contributed by atoms with Gasteiger partial charge in [0.2, 0.25) is 0 Å². The van der Waals surface area contributed by atoms with E-state index < -0.39 is 0 Å². The van der Waals surface area contributed by atoms with E-state index in [0.717, 1.165) is 0 Å². The first-order chi connectivity index (χ1) is 2.80. The predicted molar refractivity (Wildman–Crippen MR) is 27.9 cm³/mol. The van der Waals surface area contributed by atoms with E-state index in [-0.39, 0.29) is 0 Å². The highest BCUT2D eigenvalue weighted by atomic mass is 35.5. The summed E-state index contributed by atoms with van der Waals surface area (Å²) in [6, 6.07) is 0. The van der Waals surface area contributed by atoms with Gasteiger partial charge in [0, 0.05) is 0 Å². The summed E-state index contributed by atoms with van der Waals surface area (Å²) in [5, 5.41) is 0.324. The minimum absolute atomic E-state index is 0.324. The summed E-state index contributed by atoms with van der Waals surface area (Å²) in [7, 11) is 0. The average molecular weight is 103 g/mol. The van der Waals surface area contributed by atoms with Crippen LogP contribution >= 0.6 is 11.6 Å². The second-order valence-corrected chi connectivity index (χ2v) is 2.19. The Kier molecular flexibility index (Phi) is 0.886. The molecule has 0 radical (unpaired) electrons. The van der Waals surface area contributed by atoms with Gasteiger partial charge < -0.3 is 0 Å². The van der Waals surface area contributed by atoms with Crippen LogP contribution in [0.4, 0.5) is 0 Å². The summed E-state index contributed by atoms with van der Waals surface area (Å²) < 4.78 is 0. The second-order valence-electron chi connectivity index (χ2n) is 1.69. The lowest BCUT2D eigenvalue weighted by Gasteiger charge is -2.17. The van der Waals surface area contributed by atoms with Crippen LogP contribution in [0.5, 0.6) is 0 Å². The molecule has 1 aliphatic carbocycles. The number of allylic oxidation sites excluding steroid dienone is 2. The molecule has 6 heavy (non-hydrogen) atoms. The Morgan fingerprint density at radius 3 is 2.00 bits per heavy atom. The summed E-state index contributed by atoms with van der Waals surface area (Å²) >= 11 is 5.61. The van der Waals surface area contributed by atoms with Gasteiger partial charge in [0.15, 0.2) is 0 Å². The van der Waals surface area contributed by atoms with Gasteiger partial charge in [-0.05, 0) is 5.92 Å². The lowest BCUT2D eigenvalue weighted by molar-refractivity contribution is 0.690. The molecule has 0 saturated heterocycles. The van der Waals surface area contributed by atoms with Crippen LogP contribution in [0.15, 0.2) is 12.2 Å². The van der Waals surface area contributed by atoms with Crippen LogP contribution in [0.25, 0.3) is 0 Å². The molecule has 0 heterocycles. The van der Waals surface area contributed by atoms with Crippen molar-refractivity contribution in [3.8, 4) is 0 Å². The molecule has 0 fully saturated rings. The highest BCUT2D eigenvalue weighted by molar-refractivity contribution is 6.22. The van der Waals surface area contributed by atoms with Crippen molar-refractivity contribution in [1.82, 2.24) is 0 Å². The van der Waals surface area contributed by atoms with Crippen LogP contribution in [0, 0.1) is 5.92 Å². The molecule has 1 aliphatic rings. The Balaban J connectivity index is 2.45. The van der Waals surface area contributed by atoms with Crippen LogP contribution in [0.2, 0.25) is 0 Å². The molecule has 0 amide bonds. The molecule has 0 spiro atoms. The second kappa shape index (κ2) is 1.27. The third-order valence-electron chi connectivity index (χ3n) is 1.10.